The van der Waals surface area contributed by atoms with Crippen molar-refractivity contribution in [1.29, 1.82) is 0 Å². The molecule has 0 unspecified atom stereocenters. The number of guanidine groups is 1. The van der Waals surface area contributed by atoms with Crippen LogP contribution in [0.2, 0.25) is 0 Å². The van der Waals surface area contributed by atoms with Gasteiger partial charge in [-0.2, -0.15) is 0 Å². The zero-order chi connectivity index (χ0) is 17.4. The van der Waals surface area contributed by atoms with Crippen molar-refractivity contribution in [2.75, 3.05) is 28.3 Å². The van der Waals surface area contributed by atoms with Crippen LogP contribution in [-0.4, -0.2) is 44.2 Å². The van der Waals surface area contributed by atoms with Crippen molar-refractivity contribution in [3.8, 4) is 11.6 Å². The van der Waals surface area contributed by atoms with E-state index in [0.717, 1.165) is 22.8 Å². The summed E-state index contributed by atoms with van der Waals surface area (Å²) in [5.41, 5.74) is 2.08. The normalized spacial score (nSPS) is 10.6. The molecule has 0 aliphatic carbocycles. The molecule has 0 atom stereocenters. The van der Waals surface area contributed by atoms with Crippen molar-refractivity contribution < 1.29 is 9.47 Å². The molecule has 2 rings (SSSR count). The fourth-order valence-electron chi connectivity index (χ4n) is 2.47. The summed E-state index contributed by atoms with van der Waals surface area (Å²) < 4.78 is 10.7. The molecule has 1 heterocycles. The first-order valence-electron chi connectivity index (χ1n) is 7.71. The quantitative estimate of drug-likeness (QED) is 0.412. The van der Waals surface area contributed by atoms with Gasteiger partial charge in [0, 0.05) is 44.5 Å². The van der Waals surface area contributed by atoms with Crippen LogP contribution in [0.4, 0.5) is 0 Å². The van der Waals surface area contributed by atoms with E-state index in [2.05, 4.69) is 15.3 Å². The van der Waals surface area contributed by atoms with Crippen molar-refractivity contribution in [3.05, 3.63) is 53.7 Å². The Hall–Kier alpha value is -2.03. The second-order valence-corrected chi connectivity index (χ2v) is 5.24. The summed E-state index contributed by atoms with van der Waals surface area (Å²) >= 11 is 0. The van der Waals surface area contributed by atoms with Crippen molar-refractivity contribution in [1.82, 2.24) is 15.2 Å². The summed E-state index contributed by atoms with van der Waals surface area (Å²) in [6.07, 6.45) is 1.71. The van der Waals surface area contributed by atoms with Crippen LogP contribution in [0.3, 0.4) is 0 Å². The molecule has 2 aromatic rings. The van der Waals surface area contributed by atoms with Crippen LogP contribution in [0, 0.1) is 0 Å². The van der Waals surface area contributed by atoms with Gasteiger partial charge in [-0.15, -0.1) is 24.0 Å². The molecule has 0 fully saturated rings. The lowest BCUT2D eigenvalue weighted by Crippen LogP contribution is -2.38. The Morgan fingerprint density at radius 2 is 1.84 bits per heavy atom. The van der Waals surface area contributed by atoms with Gasteiger partial charge in [0.15, 0.2) is 5.96 Å². The molecule has 0 saturated heterocycles. The molecule has 1 N–H and O–H groups in total. The van der Waals surface area contributed by atoms with Crippen LogP contribution in [0.5, 0.6) is 11.6 Å². The van der Waals surface area contributed by atoms with Gasteiger partial charge in [-0.1, -0.05) is 24.3 Å². The highest BCUT2D eigenvalue weighted by Gasteiger charge is 2.11. The van der Waals surface area contributed by atoms with E-state index in [1.807, 2.05) is 48.3 Å². The first-order valence-corrected chi connectivity index (χ1v) is 7.71. The van der Waals surface area contributed by atoms with Crippen LogP contribution in [-0.2, 0) is 13.1 Å². The maximum atomic E-state index is 5.41. The van der Waals surface area contributed by atoms with E-state index >= 15 is 0 Å². The second kappa shape index (κ2) is 10.8. The first-order chi connectivity index (χ1) is 11.7. The number of halogens is 1. The third-order valence-electron chi connectivity index (χ3n) is 3.65. The number of para-hydroxylation sites is 1. The van der Waals surface area contributed by atoms with E-state index in [9.17, 15) is 0 Å². The fourth-order valence-corrected chi connectivity index (χ4v) is 2.47. The number of rotatable bonds is 6. The summed E-state index contributed by atoms with van der Waals surface area (Å²) in [4.78, 5) is 10.6. The third-order valence-corrected chi connectivity index (χ3v) is 3.65. The molecule has 1 aromatic heterocycles. The molecule has 0 aliphatic heterocycles. The summed E-state index contributed by atoms with van der Waals surface area (Å²) in [5.74, 6) is 2.27. The summed E-state index contributed by atoms with van der Waals surface area (Å²) in [5, 5.41) is 3.33. The van der Waals surface area contributed by atoms with Gasteiger partial charge in [0.05, 0.1) is 14.2 Å². The van der Waals surface area contributed by atoms with E-state index in [4.69, 9.17) is 9.47 Å². The van der Waals surface area contributed by atoms with E-state index in [-0.39, 0.29) is 24.0 Å². The van der Waals surface area contributed by atoms with Crippen LogP contribution in [0.15, 0.2) is 47.6 Å². The average molecular weight is 456 g/mol. The van der Waals surface area contributed by atoms with Crippen LogP contribution in [0.25, 0.3) is 0 Å². The van der Waals surface area contributed by atoms with Gasteiger partial charge in [0.2, 0.25) is 5.88 Å². The Labute approximate surface area is 166 Å². The van der Waals surface area contributed by atoms with Gasteiger partial charge in [0.1, 0.15) is 5.75 Å². The van der Waals surface area contributed by atoms with Gasteiger partial charge in [-0.05, 0) is 12.1 Å². The molecular weight excluding hydrogens is 431 g/mol. The molecule has 7 heteroatoms. The lowest BCUT2D eigenvalue weighted by molar-refractivity contribution is 0.389. The van der Waals surface area contributed by atoms with Crippen LogP contribution >= 0.6 is 24.0 Å². The number of hydrogen-bond acceptors (Lipinski definition) is 4. The lowest BCUT2D eigenvalue weighted by atomic mass is 10.2. The molecule has 1 aromatic carbocycles. The first kappa shape index (κ1) is 21.0. The van der Waals surface area contributed by atoms with Crippen molar-refractivity contribution >= 4 is 29.9 Å². The number of benzene rings is 1. The van der Waals surface area contributed by atoms with Gasteiger partial charge < -0.3 is 19.7 Å². The lowest BCUT2D eigenvalue weighted by Gasteiger charge is -2.23. The summed E-state index contributed by atoms with van der Waals surface area (Å²) in [6, 6.07) is 11.8. The minimum atomic E-state index is 0. The fraction of sp³-hybridized carbons (Fsp3) is 0.333. The van der Waals surface area contributed by atoms with E-state index in [0.29, 0.717) is 19.0 Å². The minimum absolute atomic E-state index is 0. The van der Waals surface area contributed by atoms with Crippen molar-refractivity contribution in [2.24, 2.45) is 4.99 Å². The SMILES string of the molecule is CN=C(NCc1cccnc1OC)N(C)Cc1ccccc1OC.I. The summed E-state index contributed by atoms with van der Waals surface area (Å²) in [6.45, 7) is 1.27. The standard InChI is InChI=1S/C18H24N4O2.HI/c1-19-18(21-12-14-9-7-11-20-17(14)24-4)22(2)13-15-8-5-6-10-16(15)23-3;/h5-11H,12-13H2,1-4H3,(H,19,21);1H. The largest absolute Gasteiger partial charge is 0.496 e. The number of pyridine rings is 1. The molecular formula is C18H25IN4O2. The monoisotopic (exact) mass is 456 g/mol. The molecule has 25 heavy (non-hydrogen) atoms. The second-order valence-electron chi connectivity index (χ2n) is 5.24. The maximum absolute atomic E-state index is 5.41. The van der Waals surface area contributed by atoms with Gasteiger partial charge >= 0.3 is 0 Å². The highest BCUT2D eigenvalue weighted by Crippen LogP contribution is 2.19. The summed E-state index contributed by atoms with van der Waals surface area (Å²) in [7, 11) is 7.05. The van der Waals surface area contributed by atoms with Gasteiger partial charge in [0.25, 0.3) is 0 Å². The van der Waals surface area contributed by atoms with Crippen LogP contribution < -0.4 is 14.8 Å². The molecule has 0 spiro atoms. The Morgan fingerprint density at radius 1 is 1.12 bits per heavy atom. The Bertz CT molecular complexity index is 694. The number of nitrogens with one attached hydrogen (secondary N) is 1. The third kappa shape index (κ3) is 5.77. The molecule has 0 aliphatic rings. The highest BCUT2D eigenvalue weighted by molar-refractivity contribution is 14.0. The maximum Gasteiger partial charge on any atom is 0.218 e. The molecule has 0 bridgehead atoms. The molecule has 136 valence electrons. The number of aliphatic imine (C=N–C) groups is 1. The molecule has 0 amide bonds. The number of hydrogen-bond donors (Lipinski definition) is 1. The predicted molar refractivity (Wildman–Crippen MR) is 111 cm³/mol. The Balaban J connectivity index is 0.00000312. The zero-order valence-electron chi connectivity index (χ0n) is 15.0. The smallest absolute Gasteiger partial charge is 0.218 e. The molecule has 0 saturated carbocycles. The minimum Gasteiger partial charge on any atom is -0.496 e. The number of aromatic nitrogens is 1. The Kier molecular flexibility index (Phi) is 9.04. The molecule has 0 radical (unpaired) electrons. The Morgan fingerprint density at radius 3 is 2.52 bits per heavy atom. The average Bonchev–Trinajstić information content (AvgIpc) is 2.63. The van der Waals surface area contributed by atoms with Gasteiger partial charge in [-0.25, -0.2) is 4.98 Å². The van der Waals surface area contributed by atoms with Crippen LogP contribution in [0.1, 0.15) is 11.1 Å². The van der Waals surface area contributed by atoms with E-state index in [1.165, 1.54) is 0 Å². The number of methoxy groups -OCH3 is 2. The van der Waals surface area contributed by atoms with E-state index < -0.39 is 0 Å². The number of ether oxygens (including phenoxy) is 2. The topological polar surface area (TPSA) is 59.0 Å². The highest BCUT2D eigenvalue weighted by atomic mass is 127. The zero-order valence-corrected chi connectivity index (χ0v) is 17.4. The predicted octanol–water partition coefficient (Wildman–Crippen LogP) is 2.92. The van der Waals surface area contributed by atoms with Crippen molar-refractivity contribution in [3.63, 3.8) is 0 Å². The van der Waals surface area contributed by atoms with Crippen molar-refractivity contribution in [2.45, 2.75) is 13.1 Å². The van der Waals surface area contributed by atoms with Gasteiger partial charge in [-0.3, -0.25) is 4.99 Å². The molecule has 6 nitrogen and oxygen atoms in total. The number of nitrogens with zero attached hydrogens (tertiary/aromatic N) is 3. The van der Waals surface area contributed by atoms with E-state index in [1.54, 1.807) is 27.5 Å².